The molecule has 0 radical (unpaired) electrons. The molecule has 2 N–H and O–H groups in total. The summed E-state index contributed by atoms with van der Waals surface area (Å²) in [5.41, 5.74) is 8.46. The Labute approximate surface area is 124 Å². The monoisotopic (exact) mass is 287 g/mol. The minimum absolute atomic E-state index is 0.0218. The summed E-state index contributed by atoms with van der Waals surface area (Å²) in [5, 5.41) is 0. The SMILES string of the molecule is COC(=O)c1ccc(C(N)c2ccccc2C(C)(C)C)o1. The van der Waals surface area contributed by atoms with Crippen LogP contribution in [0.3, 0.4) is 0 Å². The molecule has 1 heterocycles. The number of benzene rings is 1. The van der Waals surface area contributed by atoms with E-state index in [0.717, 1.165) is 11.1 Å². The molecule has 4 nitrogen and oxygen atoms in total. The standard InChI is InChI=1S/C17H21NO3/c1-17(2,3)12-8-6-5-7-11(12)15(18)13-9-10-14(21-13)16(19)20-4/h5-10,15H,18H2,1-4H3. The topological polar surface area (TPSA) is 65.5 Å². The first kappa shape index (κ1) is 15.3. The summed E-state index contributed by atoms with van der Waals surface area (Å²) in [6.45, 7) is 6.42. The zero-order valence-corrected chi connectivity index (χ0v) is 12.8. The van der Waals surface area contributed by atoms with Crippen molar-refractivity contribution >= 4 is 5.97 Å². The summed E-state index contributed by atoms with van der Waals surface area (Å²) in [6.07, 6.45) is 0. The van der Waals surface area contributed by atoms with Crippen molar-refractivity contribution in [3.63, 3.8) is 0 Å². The van der Waals surface area contributed by atoms with Gasteiger partial charge < -0.3 is 14.9 Å². The van der Waals surface area contributed by atoms with E-state index in [-0.39, 0.29) is 11.2 Å². The lowest BCUT2D eigenvalue weighted by molar-refractivity contribution is 0.0562. The lowest BCUT2D eigenvalue weighted by atomic mass is 9.81. The largest absolute Gasteiger partial charge is 0.463 e. The predicted molar refractivity (Wildman–Crippen MR) is 81.2 cm³/mol. The van der Waals surface area contributed by atoms with Crippen LogP contribution in [0.1, 0.15) is 54.3 Å². The number of carbonyl (C=O) groups excluding carboxylic acids is 1. The van der Waals surface area contributed by atoms with Crippen LogP contribution in [0.4, 0.5) is 0 Å². The summed E-state index contributed by atoms with van der Waals surface area (Å²) < 4.78 is 10.2. The van der Waals surface area contributed by atoms with Crippen LogP contribution in [0.2, 0.25) is 0 Å². The summed E-state index contributed by atoms with van der Waals surface area (Å²) in [4.78, 5) is 11.5. The van der Waals surface area contributed by atoms with E-state index in [1.54, 1.807) is 12.1 Å². The van der Waals surface area contributed by atoms with E-state index in [9.17, 15) is 4.79 Å². The third kappa shape index (κ3) is 3.16. The van der Waals surface area contributed by atoms with Gasteiger partial charge in [0.15, 0.2) is 0 Å². The number of rotatable bonds is 3. The second kappa shape index (κ2) is 5.74. The van der Waals surface area contributed by atoms with Gasteiger partial charge in [0.05, 0.1) is 13.2 Å². The lowest BCUT2D eigenvalue weighted by Crippen LogP contribution is -2.20. The summed E-state index contributed by atoms with van der Waals surface area (Å²) >= 11 is 0. The van der Waals surface area contributed by atoms with Gasteiger partial charge in [-0.2, -0.15) is 0 Å². The van der Waals surface area contributed by atoms with Crippen molar-refractivity contribution in [1.82, 2.24) is 0 Å². The zero-order chi connectivity index (χ0) is 15.6. The van der Waals surface area contributed by atoms with Gasteiger partial charge in [0, 0.05) is 0 Å². The van der Waals surface area contributed by atoms with Crippen LogP contribution < -0.4 is 5.73 Å². The fourth-order valence-corrected chi connectivity index (χ4v) is 2.33. The first-order chi connectivity index (χ1) is 9.84. The Morgan fingerprint density at radius 1 is 1.19 bits per heavy atom. The maximum absolute atomic E-state index is 11.5. The highest BCUT2D eigenvalue weighted by Gasteiger charge is 2.24. The molecule has 1 aromatic carbocycles. The van der Waals surface area contributed by atoms with Crippen LogP contribution >= 0.6 is 0 Å². The summed E-state index contributed by atoms with van der Waals surface area (Å²) in [7, 11) is 1.32. The van der Waals surface area contributed by atoms with E-state index < -0.39 is 12.0 Å². The van der Waals surface area contributed by atoms with Gasteiger partial charge in [0.2, 0.25) is 5.76 Å². The molecule has 0 spiro atoms. The minimum Gasteiger partial charge on any atom is -0.463 e. The molecular formula is C17H21NO3. The maximum Gasteiger partial charge on any atom is 0.373 e. The minimum atomic E-state index is -0.502. The van der Waals surface area contributed by atoms with Crippen molar-refractivity contribution in [2.45, 2.75) is 32.2 Å². The normalized spacial score (nSPS) is 13.0. The Morgan fingerprint density at radius 2 is 1.86 bits per heavy atom. The molecule has 0 aliphatic heterocycles. The third-order valence-electron chi connectivity index (χ3n) is 3.42. The third-order valence-corrected chi connectivity index (χ3v) is 3.42. The fourth-order valence-electron chi connectivity index (χ4n) is 2.33. The Hall–Kier alpha value is -2.07. The van der Waals surface area contributed by atoms with E-state index in [0.29, 0.717) is 5.76 Å². The Balaban J connectivity index is 2.39. The number of carbonyl (C=O) groups is 1. The van der Waals surface area contributed by atoms with Gasteiger partial charge in [-0.3, -0.25) is 0 Å². The highest BCUT2D eigenvalue weighted by Crippen LogP contribution is 2.32. The molecule has 0 fully saturated rings. The molecule has 0 saturated heterocycles. The van der Waals surface area contributed by atoms with Crippen LogP contribution in [0.15, 0.2) is 40.8 Å². The number of hydrogen-bond acceptors (Lipinski definition) is 4. The van der Waals surface area contributed by atoms with Crippen molar-refractivity contribution in [1.29, 1.82) is 0 Å². The molecule has 0 aliphatic rings. The zero-order valence-electron chi connectivity index (χ0n) is 12.8. The van der Waals surface area contributed by atoms with Crippen LogP contribution in [-0.4, -0.2) is 13.1 Å². The lowest BCUT2D eigenvalue weighted by Gasteiger charge is -2.25. The average molecular weight is 287 g/mol. The second-order valence-electron chi connectivity index (χ2n) is 6.01. The number of hydrogen-bond donors (Lipinski definition) is 1. The Bertz CT molecular complexity index is 637. The molecule has 0 aliphatic carbocycles. The maximum atomic E-state index is 11.5. The van der Waals surface area contributed by atoms with Crippen molar-refractivity contribution in [2.75, 3.05) is 7.11 Å². The first-order valence-corrected chi connectivity index (χ1v) is 6.87. The molecule has 0 bridgehead atoms. The summed E-state index contributed by atoms with van der Waals surface area (Å²) in [5.74, 6) is 0.209. The van der Waals surface area contributed by atoms with Crippen LogP contribution in [0, 0.1) is 0 Å². The highest BCUT2D eigenvalue weighted by atomic mass is 16.5. The molecule has 2 rings (SSSR count). The van der Waals surface area contributed by atoms with E-state index >= 15 is 0 Å². The van der Waals surface area contributed by atoms with Crippen molar-refractivity contribution in [3.8, 4) is 0 Å². The van der Waals surface area contributed by atoms with Gasteiger partial charge in [0.1, 0.15) is 5.76 Å². The van der Waals surface area contributed by atoms with Gasteiger partial charge >= 0.3 is 5.97 Å². The van der Waals surface area contributed by atoms with Crippen LogP contribution in [-0.2, 0) is 10.2 Å². The fraction of sp³-hybridized carbons (Fsp3) is 0.353. The number of nitrogens with two attached hydrogens (primary N) is 1. The van der Waals surface area contributed by atoms with E-state index in [4.69, 9.17) is 10.2 Å². The Morgan fingerprint density at radius 3 is 2.48 bits per heavy atom. The van der Waals surface area contributed by atoms with Gasteiger partial charge in [-0.1, -0.05) is 45.0 Å². The molecule has 1 atom stereocenters. The predicted octanol–water partition coefficient (Wildman–Crippen LogP) is 3.41. The molecule has 2 aromatic rings. The molecule has 1 unspecified atom stereocenters. The van der Waals surface area contributed by atoms with E-state index in [1.807, 2.05) is 18.2 Å². The van der Waals surface area contributed by atoms with Crippen LogP contribution in [0.25, 0.3) is 0 Å². The Kier molecular flexibility index (Phi) is 4.19. The molecule has 1 aromatic heterocycles. The van der Waals surface area contributed by atoms with Crippen LogP contribution in [0.5, 0.6) is 0 Å². The molecule has 4 heteroatoms. The van der Waals surface area contributed by atoms with E-state index in [1.165, 1.54) is 7.11 Å². The molecule has 21 heavy (non-hydrogen) atoms. The van der Waals surface area contributed by atoms with Gasteiger partial charge in [-0.15, -0.1) is 0 Å². The molecular weight excluding hydrogens is 266 g/mol. The van der Waals surface area contributed by atoms with Crippen molar-refractivity contribution in [2.24, 2.45) is 5.73 Å². The second-order valence-corrected chi connectivity index (χ2v) is 6.01. The molecule has 112 valence electrons. The summed E-state index contributed by atoms with van der Waals surface area (Å²) in [6, 6.07) is 10.9. The quantitative estimate of drug-likeness (QED) is 0.878. The van der Waals surface area contributed by atoms with Gasteiger partial charge in [-0.05, 0) is 28.7 Å². The van der Waals surface area contributed by atoms with E-state index in [2.05, 4.69) is 31.6 Å². The van der Waals surface area contributed by atoms with Crippen molar-refractivity contribution in [3.05, 3.63) is 59.0 Å². The van der Waals surface area contributed by atoms with Gasteiger partial charge in [-0.25, -0.2) is 4.79 Å². The average Bonchev–Trinajstić information content (AvgIpc) is 2.94. The number of ether oxygens (including phenoxy) is 1. The number of furan rings is 1. The number of esters is 1. The first-order valence-electron chi connectivity index (χ1n) is 6.87. The molecule has 0 saturated carbocycles. The highest BCUT2D eigenvalue weighted by molar-refractivity contribution is 5.86. The molecule has 0 amide bonds. The number of methoxy groups -OCH3 is 1. The smallest absolute Gasteiger partial charge is 0.373 e. The van der Waals surface area contributed by atoms with Gasteiger partial charge in [0.25, 0.3) is 0 Å². The van der Waals surface area contributed by atoms with Crippen molar-refractivity contribution < 1.29 is 13.9 Å².